The highest BCUT2D eigenvalue weighted by Crippen LogP contribution is 2.07. The normalized spacial score (nSPS) is 18.6. The van der Waals surface area contributed by atoms with Gasteiger partial charge < -0.3 is 4.90 Å². The van der Waals surface area contributed by atoms with E-state index < -0.39 is 0 Å². The molecule has 0 aromatic rings. The summed E-state index contributed by atoms with van der Waals surface area (Å²) in [6.45, 7) is 1.96. The molecule has 52 valence electrons. The van der Waals surface area contributed by atoms with Crippen LogP contribution < -0.4 is 0 Å². The van der Waals surface area contributed by atoms with Gasteiger partial charge in [0.25, 0.3) is 0 Å². The summed E-state index contributed by atoms with van der Waals surface area (Å²) in [5.74, 6) is 0.275. The fourth-order valence-electron chi connectivity index (χ4n) is 1.10. The largest absolute Gasteiger partial charge is 0.342 e. The molecule has 0 aromatic heterocycles. The molecule has 1 amide bonds. The Labute approximate surface area is 57.8 Å². The quantitative estimate of drug-likeness (QED) is 0.491. The lowest BCUT2D eigenvalue weighted by molar-refractivity contribution is -0.127. The number of nitrogens with zero attached hydrogens (tertiary/aromatic N) is 1. The van der Waals surface area contributed by atoms with Crippen LogP contribution in [-0.4, -0.2) is 30.1 Å². The maximum atomic E-state index is 10.9. The van der Waals surface area contributed by atoms with Crippen molar-refractivity contribution in [1.29, 1.82) is 0 Å². The molecular weight excluding hydrogens is 133 g/mol. The van der Waals surface area contributed by atoms with Gasteiger partial charge in [-0.05, 0) is 12.8 Å². The van der Waals surface area contributed by atoms with Gasteiger partial charge in [0, 0.05) is 19.3 Å². The Kier molecular flexibility index (Phi) is 2.47. The van der Waals surface area contributed by atoms with Crippen LogP contribution in [0.2, 0.25) is 0 Å². The minimum absolute atomic E-state index is 0.275. The van der Waals surface area contributed by atoms with Crippen LogP contribution in [0.1, 0.15) is 12.8 Å². The predicted molar refractivity (Wildman–Crippen MR) is 40.4 cm³/mol. The smallest absolute Gasteiger partial charge is 0.226 e. The van der Waals surface area contributed by atoms with Gasteiger partial charge in [0.2, 0.25) is 5.91 Å². The number of hydrogen-bond donors (Lipinski definition) is 0. The van der Waals surface area contributed by atoms with Gasteiger partial charge in [-0.15, -0.1) is 9.24 Å². The first-order valence-corrected chi connectivity index (χ1v) is 4.14. The molecule has 1 fully saturated rings. The summed E-state index contributed by atoms with van der Waals surface area (Å²) in [7, 11) is 2.46. The Bertz CT molecular complexity index is 110. The lowest BCUT2D eigenvalue weighted by Crippen LogP contribution is -2.28. The Morgan fingerprint density at radius 3 is 2.44 bits per heavy atom. The zero-order valence-electron chi connectivity index (χ0n) is 5.47. The number of likely N-dealkylation sites (tertiary alicyclic amines) is 1. The zero-order valence-corrected chi connectivity index (χ0v) is 6.62. The van der Waals surface area contributed by atoms with Crippen LogP contribution in [-0.2, 0) is 4.79 Å². The van der Waals surface area contributed by atoms with Crippen molar-refractivity contribution in [3.63, 3.8) is 0 Å². The third-order valence-corrected chi connectivity index (χ3v) is 1.98. The second-order valence-corrected chi connectivity index (χ2v) is 2.70. The molecule has 1 atom stereocenters. The standard InChI is InChI=1S/C6H12NOP/c8-6(5-9)7-3-1-2-4-7/h1-5,9H2. The molecule has 0 bridgehead atoms. The Morgan fingerprint density at radius 2 is 2.00 bits per heavy atom. The molecule has 1 aliphatic rings. The molecule has 1 heterocycles. The van der Waals surface area contributed by atoms with Gasteiger partial charge in [0.15, 0.2) is 0 Å². The van der Waals surface area contributed by atoms with E-state index in [1.807, 2.05) is 4.90 Å². The maximum Gasteiger partial charge on any atom is 0.226 e. The summed E-state index contributed by atoms with van der Waals surface area (Å²) in [4.78, 5) is 12.8. The summed E-state index contributed by atoms with van der Waals surface area (Å²) < 4.78 is 0. The van der Waals surface area contributed by atoms with Crippen molar-refractivity contribution >= 4 is 15.1 Å². The van der Waals surface area contributed by atoms with Crippen molar-refractivity contribution in [3.05, 3.63) is 0 Å². The number of rotatable bonds is 1. The first-order valence-electron chi connectivity index (χ1n) is 3.32. The van der Waals surface area contributed by atoms with E-state index in [-0.39, 0.29) is 5.91 Å². The Hall–Kier alpha value is -0.100. The fraction of sp³-hybridized carbons (Fsp3) is 0.833. The van der Waals surface area contributed by atoms with Crippen LogP contribution >= 0.6 is 9.24 Å². The van der Waals surface area contributed by atoms with Gasteiger partial charge in [-0.25, -0.2) is 0 Å². The van der Waals surface area contributed by atoms with E-state index in [9.17, 15) is 4.79 Å². The van der Waals surface area contributed by atoms with Crippen LogP contribution in [0.15, 0.2) is 0 Å². The molecule has 1 aliphatic heterocycles. The topological polar surface area (TPSA) is 20.3 Å². The van der Waals surface area contributed by atoms with Crippen molar-refractivity contribution < 1.29 is 4.79 Å². The van der Waals surface area contributed by atoms with Crippen LogP contribution in [0.25, 0.3) is 0 Å². The highest BCUT2D eigenvalue weighted by atomic mass is 31.0. The summed E-state index contributed by atoms with van der Waals surface area (Å²) in [5, 5.41) is 0. The Morgan fingerprint density at radius 1 is 1.44 bits per heavy atom. The zero-order chi connectivity index (χ0) is 6.69. The van der Waals surface area contributed by atoms with Gasteiger partial charge >= 0.3 is 0 Å². The van der Waals surface area contributed by atoms with E-state index in [4.69, 9.17) is 0 Å². The van der Waals surface area contributed by atoms with E-state index in [1.54, 1.807) is 0 Å². The average molecular weight is 145 g/mol. The van der Waals surface area contributed by atoms with E-state index in [0.29, 0.717) is 6.16 Å². The molecule has 0 aliphatic carbocycles. The lowest BCUT2D eigenvalue weighted by atomic mass is 10.4. The maximum absolute atomic E-state index is 10.9. The predicted octanol–water partition coefficient (Wildman–Crippen LogP) is 0.484. The number of amides is 1. The molecule has 0 spiro atoms. The van der Waals surface area contributed by atoms with Crippen LogP contribution in [0.5, 0.6) is 0 Å². The van der Waals surface area contributed by atoms with Crippen molar-refractivity contribution in [2.24, 2.45) is 0 Å². The van der Waals surface area contributed by atoms with Crippen molar-refractivity contribution in [2.75, 3.05) is 19.3 Å². The van der Waals surface area contributed by atoms with Gasteiger partial charge in [0.1, 0.15) is 0 Å². The molecule has 2 nitrogen and oxygen atoms in total. The fourth-order valence-corrected chi connectivity index (χ4v) is 1.35. The monoisotopic (exact) mass is 145 g/mol. The minimum atomic E-state index is 0.275. The average Bonchev–Trinajstić information content (AvgIpc) is 2.37. The molecule has 1 saturated heterocycles. The molecular formula is C6H12NOP. The summed E-state index contributed by atoms with van der Waals surface area (Å²) in [6.07, 6.45) is 2.97. The molecule has 1 unspecified atom stereocenters. The molecule has 0 N–H and O–H groups in total. The highest BCUT2D eigenvalue weighted by molar-refractivity contribution is 7.18. The second-order valence-electron chi connectivity index (χ2n) is 2.29. The second kappa shape index (κ2) is 3.17. The minimum Gasteiger partial charge on any atom is -0.342 e. The molecule has 0 radical (unpaired) electrons. The molecule has 3 heteroatoms. The van der Waals surface area contributed by atoms with E-state index in [1.165, 1.54) is 12.8 Å². The van der Waals surface area contributed by atoms with Gasteiger partial charge in [-0.1, -0.05) is 0 Å². The summed E-state index contributed by atoms with van der Waals surface area (Å²) >= 11 is 0. The first-order chi connectivity index (χ1) is 4.34. The van der Waals surface area contributed by atoms with Gasteiger partial charge in [0.05, 0.1) is 0 Å². The van der Waals surface area contributed by atoms with E-state index in [0.717, 1.165) is 13.1 Å². The molecule has 0 aromatic carbocycles. The third kappa shape index (κ3) is 1.65. The van der Waals surface area contributed by atoms with E-state index >= 15 is 0 Å². The van der Waals surface area contributed by atoms with Crippen molar-refractivity contribution in [2.45, 2.75) is 12.8 Å². The van der Waals surface area contributed by atoms with Gasteiger partial charge in [-0.3, -0.25) is 4.79 Å². The number of carbonyl (C=O) groups is 1. The highest BCUT2D eigenvalue weighted by Gasteiger charge is 2.14. The number of carbonyl (C=O) groups excluding carboxylic acids is 1. The summed E-state index contributed by atoms with van der Waals surface area (Å²) in [5.41, 5.74) is 0. The van der Waals surface area contributed by atoms with Crippen molar-refractivity contribution in [3.8, 4) is 0 Å². The molecule has 9 heavy (non-hydrogen) atoms. The number of hydrogen-bond acceptors (Lipinski definition) is 1. The van der Waals surface area contributed by atoms with Gasteiger partial charge in [-0.2, -0.15) is 0 Å². The van der Waals surface area contributed by atoms with Crippen LogP contribution in [0.4, 0.5) is 0 Å². The molecule has 1 rings (SSSR count). The molecule has 0 saturated carbocycles. The summed E-state index contributed by atoms with van der Waals surface area (Å²) in [6, 6.07) is 0. The van der Waals surface area contributed by atoms with Crippen LogP contribution in [0, 0.1) is 0 Å². The third-order valence-electron chi connectivity index (χ3n) is 1.63. The first kappa shape index (κ1) is 7.01. The Balaban J connectivity index is 2.32. The lowest BCUT2D eigenvalue weighted by Gasteiger charge is -2.12. The van der Waals surface area contributed by atoms with Crippen LogP contribution in [0.3, 0.4) is 0 Å². The van der Waals surface area contributed by atoms with Crippen molar-refractivity contribution in [1.82, 2.24) is 4.90 Å². The van der Waals surface area contributed by atoms with E-state index in [2.05, 4.69) is 9.24 Å². The SMILES string of the molecule is O=C(CP)N1CCCC1.